The van der Waals surface area contributed by atoms with Crippen LogP contribution in [0.25, 0.3) is 0 Å². The Kier molecular flexibility index (Phi) is 57.2. The second-order valence-corrected chi connectivity index (χ2v) is 20.6. The van der Waals surface area contributed by atoms with Gasteiger partial charge in [-0.15, -0.1) is 0 Å². The van der Waals surface area contributed by atoms with Crippen LogP contribution >= 0.6 is 0 Å². The number of allylic oxidation sites excluding steroid dienone is 10. The molecule has 0 saturated heterocycles. The molecule has 0 amide bonds. The molecule has 1 atom stereocenters. The molecule has 0 aliphatic carbocycles. The fraction of sp³-hybridized carbons (Fsp3) is 0.800. The first-order valence-electron chi connectivity index (χ1n) is 30.8. The maximum Gasteiger partial charge on any atom is 0.306 e. The summed E-state index contributed by atoms with van der Waals surface area (Å²) in [5.74, 6) is -0.881. The standard InChI is InChI=1S/C65H116O6/c1-4-7-10-13-16-19-22-25-28-30-32-34-37-40-43-46-49-52-55-58-64(67)70-61-62(60-69-63(66)57-54-51-48-45-42-39-36-27-24-21-18-15-12-9-6-3)71-65(68)59-56-53-50-47-44-41-38-35-33-31-29-26-23-20-17-14-11-8-5-2/h16-17,19-20,25-29,36,62H,4-15,18,21-24,30-35,37-61H2,1-3H3/b19-16-,20-17-,28-25-,29-26-,36-27-. The molecule has 6 nitrogen and oxygen atoms in total. The molecule has 0 N–H and O–H groups in total. The van der Waals surface area contributed by atoms with Gasteiger partial charge in [0.05, 0.1) is 0 Å². The van der Waals surface area contributed by atoms with Gasteiger partial charge >= 0.3 is 17.9 Å². The van der Waals surface area contributed by atoms with Crippen LogP contribution in [-0.2, 0) is 28.6 Å². The van der Waals surface area contributed by atoms with Crippen molar-refractivity contribution in [3.8, 4) is 0 Å². The number of carbonyl (C=O) groups excluding carboxylic acids is 3. The van der Waals surface area contributed by atoms with Crippen molar-refractivity contribution in [2.75, 3.05) is 13.2 Å². The highest BCUT2D eigenvalue weighted by Gasteiger charge is 2.19. The minimum Gasteiger partial charge on any atom is -0.462 e. The summed E-state index contributed by atoms with van der Waals surface area (Å²) in [5, 5.41) is 0. The Morgan fingerprint density at radius 2 is 0.507 bits per heavy atom. The minimum atomic E-state index is -0.782. The van der Waals surface area contributed by atoms with Gasteiger partial charge in [0, 0.05) is 19.3 Å². The van der Waals surface area contributed by atoms with E-state index in [1.165, 1.54) is 199 Å². The summed E-state index contributed by atoms with van der Waals surface area (Å²) in [6, 6.07) is 0. The van der Waals surface area contributed by atoms with Gasteiger partial charge in [-0.3, -0.25) is 14.4 Å². The van der Waals surface area contributed by atoms with E-state index >= 15 is 0 Å². The van der Waals surface area contributed by atoms with Crippen LogP contribution in [-0.4, -0.2) is 37.2 Å². The highest BCUT2D eigenvalue weighted by molar-refractivity contribution is 5.71. The third-order valence-electron chi connectivity index (χ3n) is 13.5. The number of hydrogen-bond acceptors (Lipinski definition) is 6. The highest BCUT2D eigenvalue weighted by atomic mass is 16.6. The van der Waals surface area contributed by atoms with E-state index < -0.39 is 6.10 Å². The zero-order valence-corrected chi connectivity index (χ0v) is 47.2. The van der Waals surface area contributed by atoms with Crippen molar-refractivity contribution in [2.24, 2.45) is 0 Å². The molecule has 0 spiro atoms. The number of ether oxygens (including phenoxy) is 3. The summed E-state index contributed by atoms with van der Waals surface area (Å²) in [7, 11) is 0. The zero-order valence-electron chi connectivity index (χ0n) is 47.2. The summed E-state index contributed by atoms with van der Waals surface area (Å²) in [6.45, 7) is 6.61. The fourth-order valence-electron chi connectivity index (χ4n) is 8.79. The van der Waals surface area contributed by atoms with Gasteiger partial charge in [0.1, 0.15) is 13.2 Å². The topological polar surface area (TPSA) is 78.9 Å². The average Bonchev–Trinajstić information content (AvgIpc) is 3.37. The van der Waals surface area contributed by atoms with Crippen LogP contribution in [0.2, 0.25) is 0 Å². The van der Waals surface area contributed by atoms with E-state index in [1.54, 1.807) is 0 Å². The van der Waals surface area contributed by atoms with Crippen LogP contribution in [0.15, 0.2) is 60.8 Å². The number of unbranched alkanes of at least 4 members (excludes halogenated alkanes) is 35. The molecular formula is C65H116O6. The molecular weight excluding hydrogens is 877 g/mol. The first kappa shape index (κ1) is 68.1. The van der Waals surface area contributed by atoms with Gasteiger partial charge in [-0.1, -0.05) is 248 Å². The molecule has 0 heterocycles. The zero-order chi connectivity index (χ0) is 51.4. The Bertz CT molecular complexity index is 1280. The Hall–Kier alpha value is -2.89. The molecule has 0 aromatic rings. The Morgan fingerprint density at radius 3 is 0.817 bits per heavy atom. The largest absolute Gasteiger partial charge is 0.462 e. The Balaban J connectivity index is 4.38. The van der Waals surface area contributed by atoms with Gasteiger partial charge < -0.3 is 14.2 Å². The van der Waals surface area contributed by atoms with Crippen molar-refractivity contribution in [1.82, 2.24) is 0 Å². The summed E-state index contributed by atoms with van der Waals surface area (Å²) >= 11 is 0. The van der Waals surface area contributed by atoms with Crippen molar-refractivity contribution >= 4 is 17.9 Å². The fourth-order valence-corrected chi connectivity index (χ4v) is 8.79. The van der Waals surface area contributed by atoms with Crippen LogP contribution < -0.4 is 0 Å². The van der Waals surface area contributed by atoms with E-state index in [-0.39, 0.29) is 31.1 Å². The van der Waals surface area contributed by atoms with E-state index in [0.717, 1.165) is 77.0 Å². The van der Waals surface area contributed by atoms with Crippen LogP contribution in [0.4, 0.5) is 0 Å². The molecule has 0 bridgehead atoms. The quantitative estimate of drug-likeness (QED) is 0.0261. The van der Waals surface area contributed by atoms with Crippen molar-refractivity contribution in [3.05, 3.63) is 60.8 Å². The minimum absolute atomic E-state index is 0.0793. The maximum absolute atomic E-state index is 12.9. The second kappa shape index (κ2) is 59.7. The molecule has 71 heavy (non-hydrogen) atoms. The number of hydrogen-bond donors (Lipinski definition) is 0. The number of rotatable bonds is 56. The van der Waals surface area contributed by atoms with Gasteiger partial charge in [0.2, 0.25) is 0 Å². The van der Waals surface area contributed by atoms with Crippen LogP contribution in [0.3, 0.4) is 0 Å². The Morgan fingerprint density at radius 1 is 0.282 bits per heavy atom. The summed E-state index contributed by atoms with van der Waals surface area (Å²) < 4.78 is 16.9. The molecule has 0 fully saturated rings. The molecule has 0 saturated carbocycles. The maximum atomic E-state index is 12.9. The van der Waals surface area contributed by atoms with Crippen LogP contribution in [0.5, 0.6) is 0 Å². The molecule has 0 radical (unpaired) electrons. The molecule has 0 aliphatic rings. The van der Waals surface area contributed by atoms with Crippen molar-refractivity contribution in [3.63, 3.8) is 0 Å². The lowest BCUT2D eigenvalue weighted by Gasteiger charge is -2.18. The smallest absolute Gasteiger partial charge is 0.306 e. The number of carbonyl (C=O) groups is 3. The van der Waals surface area contributed by atoms with Crippen LogP contribution in [0.1, 0.15) is 316 Å². The molecule has 1 unspecified atom stereocenters. The third-order valence-corrected chi connectivity index (χ3v) is 13.5. The van der Waals surface area contributed by atoms with Gasteiger partial charge in [-0.05, 0) is 109 Å². The van der Waals surface area contributed by atoms with E-state index in [2.05, 4.69) is 81.5 Å². The van der Waals surface area contributed by atoms with Crippen molar-refractivity contribution < 1.29 is 28.6 Å². The lowest BCUT2D eigenvalue weighted by molar-refractivity contribution is -0.167. The first-order chi connectivity index (χ1) is 35.0. The molecule has 412 valence electrons. The lowest BCUT2D eigenvalue weighted by atomic mass is 10.1. The Labute approximate surface area is 440 Å². The lowest BCUT2D eigenvalue weighted by Crippen LogP contribution is -2.30. The summed E-state index contributed by atoms with van der Waals surface area (Å²) in [4.78, 5) is 38.3. The normalized spacial score (nSPS) is 12.4. The highest BCUT2D eigenvalue weighted by Crippen LogP contribution is 2.16. The summed E-state index contributed by atoms with van der Waals surface area (Å²) in [6.07, 6.45) is 74.9. The van der Waals surface area contributed by atoms with Gasteiger partial charge in [-0.25, -0.2) is 0 Å². The molecule has 0 aromatic heterocycles. The van der Waals surface area contributed by atoms with Gasteiger partial charge in [-0.2, -0.15) is 0 Å². The third kappa shape index (κ3) is 57.9. The van der Waals surface area contributed by atoms with Gasteiger partial charge in [0.15, 0.2) is 6.10 Å². The monoisotopic (exact) mass is 993 g/mol. The van der Waals surface area contributed by atoms with E-state index in [1.807, 2.05) is 0 Å². The van der Waals surface area contributed by atoms with E-state index in [4.69, 9.17) is 14.2 Å². The number of esters is 3. The average molecular weight is 994 g/mol. The SMILES string of the molecule is CCCCC/C=C\C/C=C\CCCCCCCCCCCC(=O)OCC(COC(=O)CCCCCCC/C=C\CCCCCCCC)OC(=O)CCCCCCCCCCC/C=C\C/C=C\CCCCC. The molecule has 0 aromatic carbocycles. The van der Waals surface area contributed by atoms with Crippen LogP contribution in [0, 0.1) is 0 Å². The predicted octanol–water partition coefficient (Wildman–Crippen LogP) is 20.8. The molecule has 0 rings (SSSR count). The summed E-state index contributed by atoms with van der Waals surface area (Å²) in [5.41, 5.74) is 0. The molecule has 0 aliphatic heterocycles. The van der Waals surface area contributed by atoms with E-state index in [9.17, 15) is 14.4 Å². The van der Waals surface area contributed by atoms with Gasteiger partial charge in [0.25, 0.3) is 0 Å². The van der Waals surface area contributed by atoms with Crippen molar-refractivity contribution in [2.45, 2.75) is 322 Å². The second-order valence-electron chi connectivity index (χ2n) is 20.6. The molecule has 6 heteroatoms. The van der Waals surface area contributed by atoms with E-state index in [0.29, 0.717) is 19.3 Å². The first-order valence-corrected chi connectivity index (χ1v) is 30.8. The predicted molar refractivity (Wildman–Crippen MR) is 307 cm³/mol. The van der Waals surface area contributed by atoms with Crippen molar-refractivity contribution in [1.29, 1.82) is 0 Å².